The van der Waals surface area contributed by atoms with Gasteiger partial charge in [-0.1, -0.05) is 11.6 Å². The molecule has 0 aliphatic rings. The summed E-state index contributed by atoms with van der Waals surface area (Å²) in [6.45, 7) is -0.353. The van der Waals surface area contributed by atoms with Crippen LogP contribution in [0.4, 0.5) is 22.0 Å². The zero-order valence-electron chi connectivity index (χ0n) is 12.5. The van der Waals surface area contributed by atoms with Gasteiger partial charge in [0.2, 0.25) is 0 Å². The maximum atomic E-state index is 13.5. The van der Waals surface area contributed by atoms with E-state index in [1.807, 2.05) is 0 Å². The van der Waals surface area contributed by atoms with Crippen molar-refractivity contribution < 1.29 is 31.1 Å². The highest BCUT2D eigenvalue weighted by atomic mass is 35.5. The Labute approximate surface area is 147 Å². The lowest BCUT2D eigenvalue weighted by atomic mass is 10.2. The van der Waals surface area contributed by atoms with Crippen LogP contribution in [-0.2, 0) is 12.8 Å². The lowest BCUT2D eigenvalue weighted by Crippen LogP contribution is -2.05. The molecule has 0 N–H and O–H groups in total. The average Bonchev–Trinajstić information content (AvgIpc) is 3.01. The van der Waals surface area contributed by atoms with Crippen molar-refractivity contribution in [2.75, 3.05) is 0 Å². The van der Waals surface area contributed by atoms with Gasteiger partial charge < -0.3 is 9.15 Å². The van der Waals surface area contributed by atoms with Crippen molar-refractivity contribution in [1.82, 2.24) is 15.2 Å². The summed E-state index contributed by atoms with van der Waals surface area (Å²) in [4.78, 5) is 3.58. The minimum Gasteiger partial charge on any atom is -0.481 e. The second-order valence-corrected chi connectivity index (χ2v) is 5.32. The van der Waals surface area contributed by atoms with Crippen molar-refractivity contribution in [1.29, 1.82) is 0 Å². The molecule has 0 saturated carbocycles. The SMILES string of the molecule is Fc1ccc(OCc2nnc(-c3ncc(C(F)(F)F)cc3Cl)o2)c(F)c1. The molecule has 136 valence electrons. The molecule has 2 heterocycles. The molecule has 1 aromatic carbocycles. The average molecular weight is 392 g/mol. The number of aromatic nitrogens is 3. The van der Waals surface area contributed by atoms with E-state index in [0.29, 0.717) is 18.3 Å². The van der Waals surface area contributed by atoms with Crippen molar-refractivity contribution in [3.05, 3.63) is 58.6 Å². The van der Waals surface area contributed by atoms with Crippen LogP contribution in [0.25, 0.3) is 11.6 Å². The zero-order chi connectivity index (χ0) is 18.9. The van der Waals surface area contributed by atoms with Crippen molar-refractivity contribution in [2.45, 2.75) is 12.8 Å². The molecule has 5 nitrogen and oxygen atoms in total. The number of hydrogen-bond acceptors (Lipinski definition) is 5. The predicted molar refractivity (Wildman–Crippen MR) is 78.2 cm³/mol. The number of benzene rings is 1. The van der Waals surface area contributed by atoms with Crippen molar-refractivity contribution in [3.8, 4) is 17.3 Å². The summed E-state index contributed by atoms with van der Waals surface area (Å²) in [5.74, 6) is -2.27. The Morgan fingerprint density at radius 3 is 2.54 bits per heavy atom. The van der Waals surface area contributed by atoms with Crippen molar-refractivity contribution in [2.24, 2.45) is 0 Å². The Kier molecular flexibility index (Phi) is 4.77. The monoisotopic (exact) mass is 391 g/mol. The van der Waals surface area contributed by atoms with E-state index < -0.39 is 23.4 Å². The highest BCUT2D eigenvalue weighted by Gasteiger charge is 2.32. The third kappa shape index (κ3) is 3.90. The van der Waals surface area contributed by atoms with Gasteiger partial charge >= 0.3 is 6.18 Å². The lowest BCUT2D eigenvalue weighted by Gasteiger charge is -2.07. The first-order chi connectivity index (χ1) is 12.2. The van der Waals surface area contributed by atoms with Gasteiger partial charge in [-0.05, 0) is 18.2 Å². The highest BCUT2D eigenvalue weighted by molar-refractivity contribution is 6.32. The molecule has 0 saturated heterocycles. The van der Waals surface area contributed by atoms with Crippen LogP contribution in [0.5, 0.6) is 5.75 Å². The Balaban J connectivity index is 1.75. The first-order valence-corrected chi connectivity index (χ1v) is 7.25. The number of nitrogens with zero attached hydrogens (tertiary/aromatic N) is 3. The van der Waals surface area contributed by atoms with Crippen LogP contribution in [0, 0.1) is 11.6 Å². The Morgan fingerprint density at radius 1 is 1.12 bits per heavy atom. The number of rotatable bonds is 4. The van der Waals surface area contributed by atoms with Gasteiger partial charge in [-0.15, -0.1) is 10.2 Å². The molecule has 11 heteroatoms. The van der Waals surface area contributed by atoms with Crippen LogP contribution in [0.1, 0.15) is 11.5 Å². The molecule has 0 bridgehead atoms. The second kappa shape index (κ2) is 6.87. The minimum atomic E-state index is -4.59. The standard InChI is InChI=1S/C15H7ClF5N3O2/c16-9-3-7(15(19,20)21)5-22-13(9)14-24-23-12(26-14)6-25-11-2-1-8(17)4-10(11)18/h1-5H,6H2. The molecule has 26 heavy (non-hydrogen) atoms. The van der Waals surface area contributed by atoms with Crippen molar-refractivity contribution >= 4 is 11.6 Å². The van der Waals surface area contributed by atoms with E-state index in [4.69, 9.17) is 20.8 Å². The molecular formula is C15H7ClF5N3O2. The molecule has 0 fully saturated rings. The van der Waals surface area contributed by atoms with Crippen LogP contribution in [0.15, 0.2) is 34.9 Å². The summed E-state index contributed by atoms with van der Waals surface area (Å²) in [5, 5.41) is 6.88. The quantitative estimate of drug-likeness (QED) is 0.605. The fraction of sp³-hybridized carbons (Fsp3) is 0.133. The fourth-order valence-electron chi connectivity index (χ4n) is 1.89. The molecular weight excluding hydrogens is 385 g/mol. The van der Waals surface area contributed by atoms with Crippen LogP contribution < -0.4 is 4.74 Å². The van der Waals surface area contributed by atoms with Gasteiger partial charge in [0.05, 0.1) is 10.6 Å². The summed E-state index contributed by atoms with van der Waals surface area (Å²) in [7, 11) is 0. The van der Waals surface area contributed by atoms with Crippen LogP contribution in [0.3, 0.4) is 0 Å². The highest BCUT2D eigenvalue weighted by Crippen LogP contribution is 2.33. The molecule has 2 aromatic heterocycles. The van der Waals surface area contributed by atoms with E-state index in [9.17, 15) is 22.0 Å². The van der Waals surface area contributed by atoms with E-state index in [0.717, 1.165) is 12.1 Å². The Hall–Kier alpha value is -2.75. The first-order valence-electron chi connectivity index (χ1n) is 6.87. The molecule has 0 radical (unpaired) electrons. The van der Waals surface area contributed by atoms with Gasteiger partial charge in [-0.3, -0.25) is 0 Å². The molecule has 3 rings (SSSR count). The number of hydrogen-bond donors (Lipinski definition) is 0. The van der Waals surface area contributed by atoms with Gasteiger partial charge in [-0.25, -0.2) is 13.8 Å². The van der Waals surface area contributed by atoms with Crippen molar-refractivity contribution in [3.63, 3.8) is 0 Å². The van der Waals surface area contributed by atoms with Gasteiger partial charge in [-0.2, -0.15) is 13.2 Å². The third-order valence-electron chi connectivity index (χ3n) is 3.08. The lowest BCUT2D eigenvalue weighted by molar-refractivity contribution is -0.137. The normalized spacial score (nSPS) is 11.6. The van der Waals surface area contributed by atoms with E-state index in [1.54, 1.807) is 0 Å². The van der Waals surface area contributed by atoms with E-state index >= 15 is 0 Å². The molecule has 0 aliphatic carbocycles. The van der Waals surface area contributed by atoms with E-state index in [2.05, 4.69) is 15.2 Å². The first kappa shape index (κ1) is 18.1. The fourth-order valence-corrected chi connectivity index (χ4v) is 2.14. The van der Waals surface area contributed by atoms with Crippen LogP contribution in [-0.4, -0.2) is 15.2 Å². The summed E-state index contributed by atoms with van der Waals surface area (Å²) in [6.07, 6.45) is -4.02. The Bertz CT molecular complexity index is 945. The molecule has 0 aliphatic heterocycles. The Morgan fingerprint density at radius 2 is 1.88 bits per heavy atom. The van der Waals surface area contributed by atoms with Gasteiger partial charge in [0.15, 0.2) is 18.2 Å². The molecule has 0 atom stereocenters. The van der Waals surface area contributed by atoms with Gasteiger partial charge in [0, 0.05) is 12.3 Å². The maximum absolute atomic E-state index is 13.5. The predicted octanol–water partition coefficient (Wildman–Crippen LogP) is 4.66. The molecule has 0 unspecified atom stereocenters. The minimum absolute atomic E-state index is 0.110. The third-order valence-corrected chi connectivity index (χ3v) is 3.37. The number of halogens is 6. The molecule has 3 aromatic rings. The topological polar surface area (TPSA) is 61.0 Å². The number of alkyl halides is 3. The van der Waals surface area contributed by atoms with E-state index in [-0.39, 0.29) is 34.9 Å². The second-order valence-electron chi connectivity index (χ2n) is 4.92. The zero-order valence-corrected chi connectivity index (χ0v) is 13.3. The largest absolute Gasteiger partial charge is 0.481 e. The van der Waals surface area contributed by atoms with Gasteiger partial charge in [0.25, 0.3) is 11.8 Å². The smallest absolute Gasteiger partial charge is 0.417 e. The van der Waals surface area contributed by atoms with Crippen LogP contribution >= 0.6 is 11.6 Å². The summed E-state index contributed by atoms with van der Waals surface area (Å²) < 4.78 is 74.4. The van der Waals surface area contributed by atoms with E-state index in [1.165, 1.54) is 0 Å². The van der Waals surface area contributed by atoms with Gasteiger partial charge in [0.1, 0.15) is 11.5 Å². The maximum Gasteiger partial charge on any atom is 0.417 e. The molecule has 0 amide bonds. The number of ether oxygens (including phenoxy) is 1. The summed E-state index contributed by atoms with van der Waals surface area (Å²) >= 11 is 5.78. The number of pyridine rings is 1. The van der Waals surface area contributed by atoms with Crippen LogP contribution in [0.2, 0.25) is 5.02 Å². The summed E-state index contributed by atoms with van der Waals surface area (Å²) in [6, 6.07) is 3.40. The summed E-state index contributed by atoms with van der Waals surface area (Å²) in [5.41, 5.74) is -1.17. The molecule has 0 spiro atoms.